The van der Waals surface area contributed by atoms with E-state index in [1.54, 1.807) is 6.92 Å². The molecule has 2 aromatic rings. The highest BCUT2D eigenvalue weighted by molar-refractivity contribution is 9.10. The van der Waals surface area contributed by atoms with Gasteiger partial charge in [0, 0.05) is 9.35 Å². The molecule has 26 heavy (non-hydrogen) atoms. The van der Waals surface area contributed by atoms with Gasteiger partial charge in [0.1, 0.15) is 10.8 Å². The summed E-state index contributed by atoms with van der Waals surface area (Å²) in [6.45, 7) is 7.68. The summed E-state index contributed by atoms with van der Waals surface area (Å²) in [4.78, 5) is 25.5. The molecule has 0 spiro atoms. The SMILES string of the molecule is CCOC(=O)c1c(NC(=O)COc2ccc(Br)cc2CC)sc(C)c1C. The van der Waals surface area contributed by atoms with Gasteiger partial charge in [-0.15, -0.1) is 11.3 Å². The minimum atomic E-state index is -0.424. The maximum atomic E-state index is 12.3. The number of rotatable bonds is 7. The third-order valence-corrected chi connectivity index (χ3v) is 5.50. The minimum absolute atomic E-state index is 0.132. The number of anilines is 1. The summed E-state index contributed by atoms with van der Waals surface area (Å²) in [7, 11) is 0. The second-order valence-corrected chi connectivity index (χ2v) is 7.79. The van der Waals surface area contributed by atoms with Gasteiger partial charge in [-0.25, -0.2) is 4.79 Å². The summed E-state index contributed by atoms with van der Waals surface area (Å²) in [5.74, 6) is -0.0662. The molecule has 7 heteroatoms. The van der Waals surface area contributed by atoms with Crippen LogP contribution in [0.1, 0.15) is 40.2 Å². The van der Waals surface area contributed by atoms with Crippen LogP contribution >= 0.6 is 27.3 Å². The molecule has 0 aliphatic carbocycles. The fourth-order valence-electron chi connectivity index (χ4n) is 2.44. The smallest absolute Gasteiger partial charge is 0.341 e. The van der Waals surface area contributed by atoms with Gasteiger partial charge in [-0.2, -0.15) is 0 Å². The molecule has 1 N–H and O–H groups in total. The molecule has 0 saturated heterocycles. The molecule has 5 nitrogen and oxygen atoms in total. The molecule has 0 aliphatic rings. The Kier molecular flexibility index (Phi) is 7.23. The summed E-state index contributed by atoms with van der Waals surface area (Å²) in [5, 5.41) is 3.27. The number of halogens is 1. The van der Waals surface area contributed by atoms with Crippen LogP contribution in [-0.4, -0.2) is 25.1 Å². The first-order valence-electron chi connectivity index (χ1n) is 8.35. The van der Waals surface area contributed by atoms with Crippen molar-refractivity contribution in [3.8, 4) is 5.75 Å². The van der Waals surface area contributed by atoms with E-state index in [4.69, 9.17) is 9.47 Å². The van der Waals surface area contributed by atoms with Crippen LogP contribution in [0.3, 0.4) is 0 Å². The number of esters is 1. The van der Waals surface area contributed by atoms with E-state index in [1.165, 1.54) is 11.3 Å². The summed E-state index contributed by atoms with van der Waals surface area (Å²) in [6, 6.07) is 5.68. The van der Waals surface area contributed by atoms with Crippen LogP contribution in [0.2, 0.25) is 0 Å². The number of benzene rings is 1. The van der Waals surface area contributed by atoms with Crippen molar-refractivity contribution in [1.29, 1.82) is 0 Å². The molecule has 1 aromatic carbocycles. The van der Waals surface area contributed by atoms with Gasteiger partial charge in [0.15, 0.2) is 6.61 Å². The third-order valence-electron chi connectivity index (χ3n) is 3.88. The molecule has 0 atom stereocenters. The van der Waals surface area contributed by atoms with Crippen LogP contribution in [0, 0.1) is 13.8 Å². The van der Waals surface area contributed by atoms with E-state index in [2.05, 4.69) is 21.2 Å². The van der Waals surface area contributed by atoms with Crippen molar-refractivity contribution in [3.63, 3.8) is 0 Å². The number of carbonyl (C=O) groups excluding carboxylic acids is 2. The van der Waals surface area contributed by atoms with Gasteiger partial charge in [0.25, 0.3) is 5.91 Å². The molecular weight excluding hydrogens is 418 g/mol. The van der Waals surface area contributed by atoms with Crippen LogP contribution in [0.5, 0.6) is 5.75 Å². The van der Waals surface area contributed by atoms with Gasteiger partial charge in [0.05, 0.1) is 12.2 Å². The predicted molar refractivity (Wildman–Crippen MR) is 107 cm³/mol. The average Bonchev–Trinajstić information content (AvgIpc) is 2.87. The topological polar surface area (TPSA) is 64.6 Å². The highest BCUT2D eigenvalue weighted by atomic mass is 79.9. The maximum absolute atomic E-state index is 12.3. The van der Waals surface area contributed by atoms with Crippen molar-refractivity contribution in [2.24, 2.45) is 0 Å². The molecule has 1 amide bonds. The first-order valence-corrected chi connectivity index (χ1v) is 9.96. The molecule has 1 aromatic heterocycles. The van der Waals surface area contributed by atoms with E-state index >= 15 is 0 Å². The van der Waals surface area contributed by atoms with Gasteiger partial charge in [0.2, 0.25) is 0 Å². The molecule has 0 saturated carbocycles. The molecular formula is C19H22BrNO4S. The third kappa shape index (κ3) is 4.86. The van der Waals surface area contributed by atoms with Crippen LogP contribution in [0.25, 0.3) is 0 Å². The molecule has 0 radical (unpaired) electrons. The van der Waals surface area contributed by atoms with E-state index in [-0.39, 0.29) is 19.1 Å². The average molecular weight is 440 g/mol. The number of hydrogen-bond acceptors (Lipinski definition) is 5. The number of amides is 1. The Labute approximate surface area is 165 Å². The Balaban J connectivity index is 2.09. The number of nitrogens with one attached hydrogen (secondary N) is 1. The number of thiophene rings is 1. The Morgan fingerprint density at radius 2 is 1.96 bits per heavy atom. The second kappa shape index (κ2) is 9.19. The molecule has 0 bridgehead atoms. The van der Waals surface area contributed by atoms with E-state index < -0.39 is 5.97 Å². The second-order valence-electron chi connectivity index (χ2n) is 5.65. The fraction of sp³-hybridized carbons (Fsp3) is 0.368. The van der Waals surface area contributed by atoms with Crippen molar-refractivity contribution in [3.05, 3.63) is 44.2 Å². The molecule has 2 rings (SSSR count). The van der Waals surface area contributed by atoms with Crippen molar-refractivity contribution in [1.82, 2.24) is 0 Å². The van der Waals surface area contributed by atoms with Crippen LogP contribution in [-0.2, 0) is 16.0 Å². The molecule has 0 unspecified atom stereocenters. The standard InChI is InChI=1S/C19H22BrNO4S/c1-5-13-9-14(20)7-8-15(13)25-10-16(22)21-18-17(19(23)24-6-2)11(3)12(4)26-18/h7-9H,5-6,10H2,1-4H3,(H,21,22). The Bertz CT molecular complexity index is 816. The summed E-state index contributed by atoms with van der Waals surface area (Å²) in [6.07, 6.45) is 0.798. The number of ether oxygens (including phenoxy) is 2. The van der Waals surface area contributed by atoms with Crippen molar-refractivity contribution in [2.45, 2.75) is 34.1 Å². The zero-order chi connectivity index (χ0) is 19.3. The summed E-state index contributed by atoms with van der Waals surface area (Å²) in [5.41, 5.74) is 2.26. The van der Waals surface area contributed by atoms with Gasteiger partial charge in [-0.3, -0.25) is 4.79 Å². The summed E-state index contributed by atoms with van der Waals surface area (Å²) >= 11 is 4.79. The maximum Gasteiger partial charge on any atom is 0.341 e. The Morgan fingerprint density at radius 1 is 1.23 bits per heavy atom. The van der Waals surface area contributed by atoms with E-state index in [1.807, 2.05) is 39.0 Å². The van der Waals surface area contributed by atoms with Crippen LogP contribution in [0.4, 0.5) is 5.00 Å². The monoisotopic (exact) mass is 439 g/mol. The minimum Gasteiger partial charge on any atom is -0.483 e. The van der Waals surface area contributed by atoms with Gasteiger partial charge < -0.3 is 14.8 Å². The molecule has 1 heterocycles. The van der Waals surface area contributed by atoms with Gasteiger partial charge >= 0.3 is 5.97 Å². The largest absolute Gasteiger partial charge is 0.483 e. The zero-order valence-electron chi connectivity index (χ0n) is 15.3. The number of carbonyl (C=O) groups is 2. The highest BCUT2D eigenvalue weighted by Crippen LogP contribution is 2.33. The number of hydrogen-bond donors (Lipinski definition) is 1. The molecule has 0 fully saturated rings. The first-order chi connectivity index (χ1) is 12.4. The van der Waals surface area contributed by atoms with E-state index in [0.717, 1.165) is 26.9 Å². The van der Waals surface area contributed by atoms with E-state index in [9.17, 15) is 9.59 Å². The Hall–Kier alpha value is -1.86. The van der Waals surface area contributed by atoms with Crippen LogP contribution in [0.15, 0.2) is 22.7 Å². The lowest BCUT2D eigenvalue weighted by molar-refractivity contribution is -0.118. The molecule has 0 aliphatic heterocycles. The van der Waals surface area contributed by atoms with Gasteiger partial charge in [-0.05, 0) is 56.5 Å². The van der Waals surface area contributed by atoms with Gasteiger partial charge in [-0.1, -0.05) is 22.9 Å². The fourth-order valence-corrected chi connectivity index (χ4v) is 3.91. The zero-order valence-corrected chi connectivity index (χ0v) is 17.7. The lowest BCUT2D eigenvalue weighted by Crippen LogP contribution is -2.21. The van der Waals surface area contributed by atoms with Crippen molar-refractivity contribution in [2.75, 3.05) is 18.5 Å². The first kappa shape index (κ1) is 20.5. The van der Waals surface area contributed by atoms with E-state index in [0.29, 0.717) is 16.3 Å². The highest BCUT2D eigenvalue weighted by Gasteiger charge is 2.22. The summed E-state index contributed by atoms with van der Waals surface area (Å²) < 4.78 is 11.7. The van der Waals surface area contributed by atoms with Crippen molar-refractivity contribution < 1.29 is 19.1 Å². The number of aryl methyl sites for hydroxylation is 2. The normalized spacial score (nSPS) is 10.5. The van der Waals surface area contributed by atoms with Crippen molar-refractivity contribution >= 4 is 44.1 Å². The van der Waals surface area contributed by atoms with Crippen LogP contribution < -0.4 is 10.1 Å². The lowest BCUT2D eigenvalue weighted by Gasteiger charge is -2.11. The lowest BCUT2D eigenvalue weighted by atomic mass is 10.1. The molecule has 140 valence electrons. The Morgan fingerprint density at radius 3 is 2.62 bits per heavy atom. The predicted octanol–water partition coefficient (Wildman–Crippen LogP) is 4.88. The quantitative estimate of drug-likeness (QED) is 0.623.